The van der Waals surface area contributed by atoms with Crippen LogP contribution in [0.5, 0.6) is 0 Å². The number of benzene rings is 1. The number of aliphatic hydroxyl groups is 1. The highest BCUT2D eigenvalue weighted by Gasteiger charge is 2.33. The summed E-state index contributed by atoms with van der Waals surface area (Å²) in [6.45, 7) is 2.00. The molecular weight excluding hydrogens is 384 g/mol. The maximum Gasteiger partial charge on any atom is 0.303 e. The number of allylic oxidation sites excluding steroid dienone is 4. The van der Waals surface area contributed by atoms with Gasteiger partial charge in [-0.05, 0) is 68.5 Å². The Kier molecular flexibility index (Phi) is 7.40. The number of aliphatic carboxylic acids is 1. The van der Waals surface area contributed by atoms with E-state index in [2.05, 4.69) is 18.2 Å². The van der Waals surface area contributed by atoms with Gasteiger partial charge in [0.15, 0.2) is 5.78 Å². The lowest BCUT2D eigenvalue weighted by Crippen LogP contribution is -2.17. The molecule has 0 bridgehead atoms. The summed E-state index contributed by atoms with van der Waals surface area (Å²) in [5.41, 5.74) is 1.10. The normalized spacial score (nSPS) is 20.5. The van der Waals surface area contributed by atoms with Crippen molar-refractivity contribution in [3.8, 4) is 0 Å². The smallest absolute Gasteiger partial charge is 0.303 e. The molecule has 1 aromatic carbocycles. The minimum atomic E-state index is -0.768. The van der Waals surface area contributed by atoms with Crippen LogP contribution in [0.3, 0.4) is 0 Å². The van der Waals surface area contributed by atoms with E-state index in [1.165, 1.54) is 4.70 Å². The van der Waals surface area contributed by atoms with Crippen LogP contribution in [-0.2, 0) is 9.59 Å². The molecule has 0 saturated heterocycles. The number of ketones is 1. The van der Waals surface area contributed by atoms with Gasteiger partial charge < -0.3 is 10.2 Å². The lowest BCUT2D eigenvalue weighted by Gasteiger charge is -2.20. The number of fused-ring (bicyclic) bond motifs is 1. The van der Waals surface area contributed by atoms with E-state index in [-0.39, 0.29) is 24.0 Å². The number of carbonyl (C=O) groups excluding carboxylic acids is 1. The molecule has 0 fully saturated rings. The standard InChI is InChI=1S/C24H28O4S/c1-16-14-21(26)19(18(16)9-4-2-3-5-11-24(27)28)12-13-20(25)23-15-17-8-6-7-10-22(17)29-23/h2,4,6-8,10,14-15,18-20,25H,3,5,9,11-13H2,1H3,(H,27,28)/t18-,19+,20?/m0/s1. The molecule has 2 N–H and O–H groups in total. The second kappa shape index (κ2) is 9.99. The van der Waals surface area contributed by atoms with Gasteiger partial charge in [0.2, 0.25) is 0 Å². The number of unbranched alkanes of at least 4 members (excludes halogenated alkanes) is 1. The zero-order valence-electron chi connectivity index (χ0n) is 16.7. The largest absolute Gasteiger partial charge is 0.481 e. The van der Waals surface area contributed by atoms with Crippen LogP contribution in [0.1, 0.15) is 56.4 Å². The summed E-state index contributed by atoms with van der Waals surface area (Å²) in [5, 5.41) is 20.5. The number of hydrogen-bond acceptors (Lipinski definition) is 4. The summed E-state index contributed by atoms with van der Waals surface area (Å²) >= 11 is 1.61. The maximum absolute atomic E-state index is 12.5. The van der Waals surface area contributed by atoms with Crippen LogP contribution in [0, 0.1) is 11.8 Å². The lowest BCUT2D eigenvalue weighted by atomic mass is 9.84. The second-order valence-electron chi connectivity index (χ2n) is 7.78. The van der Waals surface area contributed by atoms with Crippen molar-refractivity contribution in [2.75, 3.05) is 0 Å². The highest BCUT2D eigenvalue weighted by molar-refractivity contribution is 7.19. The summed E-state index contributed by atoms with van der Waals surface area (Å²) in [5.74, 6) is -0.512. The highest BCUT2D eigenvalue weighted by atomic mass is 32.1. The third-order valence-corrected chi connectivity index (χ3v) is 6.87. The van der Waals surface area contributed by atoms with Crippen LogP contribution < -0.4 is 0 Å². The number of carboxylic acid groups (broad SMARTS) is 1. The molecule has 0 saturated carbocycles. The van der Waals surface area contributed by atoms with Gasteiger partial charge in [-0.15, -0.1) is 11.3 Å². The molecule has 0 aliphatic heterocycles. The van der Waals surface area contributed by atoms with Gasteiger partial charge in [-0.25, -0.2) is 0 Å². The number of thiophene rings is 1. The molecule has 29 heavy (non-hydrogen) atoms. The Hall–Kier alpha value is -2.24. The van der Waals surface area contributed by atoms with Crippen molar-refractivity contribution in [1.82, 2.24) is 0 Å². The fraction of sp³-hybridized carbons (Fsp3) is 0.417. The van der Waals surface area contributed by atoms with Crippen molar-refractivity contribution in [2.24, 2.45) is 11.8 Å². The SMILES string of the molecule is CC1=CC(=O)[C@H](CCC(O)c2cc3ccccc3s2)[C@H]1CC=CCCCC(=O)O. The summed E-state index contributed by atoms with van der Waals surface area (Å²) in [6.07, 6.45) is 8.87. The summed E-state index contributed by atoms with van der Waals surface area (Å²) < 4.78 is 1.17. The summed E-state index contributed by atoms with van der Waals surface area (Å²) in [6, 6.07) is 10.1. The Morgan fingerprint density at radius 3 is 2.79 bits per heavy atom. The second-order valence-corrected chi connectivity index (χ2v) is 8.89. The first-order valence-corrected chi connectivity index (χ1v) is 11.0. The lowest BCUT2D eigenvalue weighted by molar-refractivity contribution is -0.137. The van der Waals surface area contributed by atoms with Crippen LogP contribution in [0.2, 0.25) is 0 Å². The van der Waals surface area contributed by atoms with Gasteiger partial charge >= 0.3 is 5.97 Å². The van der Waals surface area contributed by atoms with Crippen molar-refractivity contribution in [2.45, 2.75) is 51.6 Å². The van der Waals surface area contributed by atoms with Crippen LogP contribution in [0.15, 0.2) is 54.1 Å². The van der Waals surface area contributed by atoms with Gasteiger partial charge in [0.25, 0.3) is 0 Å². The molecule has 2 aromatic rings. The molecule has 1 aliphatic carbocycles. The molecule has 3 rings (SSSR count). The van der Waals surface area contributed by atoms with Gasteiger partial charge in [0, 0.05) is 21.9 Å². The molecule has 1 aromatic heterocycles. The molecular formula is C24H28O4S. The number of carbonyl (C=O) groups is 2. The number of hydrogen-bond donors (Lipinski definition) is 2. The van der Waals surface area contributed by atoms with Crippen LogP contribution in [0.25, 0.3) is 10.1 Å². The highest BCUT2D eigenvalue weighted by Crippen LogP contribution is 2.38. The van der Waals surface area contributed by atoms with Gasteiger partial charge in [-0.2, -0.15) is 0 Å². The summed E-state index contributed by atoms with van der Waals surface area (Å²) in [7, 11) is 0. The first-order valence-electron chi connectivity index (χ1n) is 10.2. The zero-order chi connectivity index (χ0) is 20.8. The predicted octanol–water partition coefficient (Wildman–Crippen LogP) is 5.68. The Bertz CT molecular complexity index is 891. The maximum atomic E-state index is 12.5. The van der Waals surface area contributed by atoms with Crippen molar-refractivity contribution in [1.29, 1.82) is 0 Å². The van der Waals surface area contributed by atoms with Gasteiger partial charge in [-0.1, -0.05) is 35.9 Å². The van der Waals surface area contributed by atoms with E-state index in [0.717, 1.165) is 28.7 Å². The third kappa shape index (κ3) is 5.64. The van der Waals surface area contributed by atoms with Crippen LogP contribution in [0.4, 0.5) is 0 Å². The Morgan fingerprint density at radius 2 is 2.03 bits per heavy atom. The Balaban J connectivity index is 1.54. The molecule has 0 amide bonds. The molecule has 154 valence electrons. The topological polar surface area (TPSA) is 74.6 Å². The zero-order valence-corrected chi connectivity index (χ0v) is 17.5. The predicted molar refractivity (Wildman–Crippen MR) is 117 cm³/mol. The Morgan fingerprint density at radius 1 is 1.24 bits per heavy atom. The van der Waals surface area contributed by atoms with Crippen molar-refractivity contribution >= 4 is 33.2 Å². The van der Waals surface area contributed by atoms with E-state index in [1.807, 2.05) is 31.2 Å². The molecule has 5 heteroatoms. The minimum Gasteiger partial charge on any atom is -0.481 e. The Labute approximate surface area is 175 Å². The molecule has 3 atom stereocenters. The van der Waals surface area contributed by atoms with Crippen molar-refractivity contribution < 1.29 is 19.8 Å². The van der Waals surface area contributed by atoms with E-state index in [0.29, 0.717) is 19.3 Å². The number of carboxylic acids is 1. The quantitative estimate of drug-likeness (QED) is 0.389. The van der Waals surface area contributed by atoms with E-state index < -0.39 is 12.1 Å². The van der Waals surface area contributed by atoms with E-state index in [1.54, 1.807) is 17.4 Å². The number of aliphatic hydroxyl groups excluding tert-OH is 1. The fourth-order valence-corrected chi connectivity index (χ4v) is 5.11. The van der Waals surface area contributed by atoms with Crippen LogP contribution in [-0.4, -0.2) is 22.0 Å². The van der Waals surface area contributed by atoms with E-state index >= 15 is 0 Å². The van der Waals surface area contributed by atoms with Gasteiger partial charge in [0.1, 0.15) is 0 Å². The first kappa shape index (κ1) is 21.5. The number of rotatable bonds is 10. The molecule has 1 aliphatic rings. The first-order chi connectivity index (χ1) is 14.0. The average Bonchev–Trinajstić information content (AvgIpc) is 3.23. The third-order valence-electron chi connectivity index (χ3n) is 5.65. The van der Waals surface area contributed by atoms with Gasteiger partial charge in [-0.3, -0.25) is 9.59 Å². The van der Waals surface area contributed by atoms with E-state index in [4.69, 9.17) is 5.11 Å². The fourth-order valence-electron chi connectivity index (χ4n) is 4.03. The molecule has 1 heterocycles. The molecule has 0 radical (unpaired) electrons. The van der Waals surface area contributed by atoms with Gasteiger partial charge in [0.05, 0.1) is 6.10 Å². The van der Waals surface area contributed by atoms with Crippen molar-refractivity contribution in [3.05, 3.63) is 59.0 Å². The molecule has 1 unspecified atom stereocenters. The summed E-state index contributed by atoms with van der Waals surface area (Å²) in [4.78, 5) is 24.0. The monoisotopic (exact) mass is 412 g/mol. The molecule has 4 nitrogen and oxygen atoms in total. The minimum absolute atomic E-state index is 0.0808. The van der Waals surface area contributed by atoms with Crippen molar-refractivity contribution in [3.63, 3.8) is 0 Å². The average molecular weight is 413 g/mol. The van der Waals surface area contributed by atoms with E-state index in [9.17, 15) is 14.7 Å². The molecule has 0 spiro atoms. The van der Waals surface area contributed by atoms with Crippen LogP contribution >= 0.6 is 11.3 Å².